The molecule has 1 atom stereocenters. The number of carbonyl (C=O) groups is 1. The van der Waals surface area contributed by atoms with Crippen molar-refractivity contribution in [3.63, 3.8) is 0 Å². The molecule has 124 valence electrons. The fraction of sp³-hybridized carbons (Fsp3) is 0.588. The highest BCUT2D eigenvalue weighted by Gasteiger charge is 2.39. The van der Waals surface area contributed by atoms with Crippen LogP contribution in [-0.2, 0) is 16.0 Å². The van der Waals surface area contributed by atoms with Crippen LogP contribution in [0.4, 0.5) is 0 Å². The van der Waals surface area contributed by atoms with Crippen molar-refractivity contribution in [1.29, 1.82) is 0 Å². The van der Waals surface area contributed by atoms with Gasteiger partial charge in [0, 0.05) is 6.42 Å². The van der Waals surface area contributed by atoms with Gasteiger partial charge in [-0.25, -0.2) is 0 Å². The Kier molecular flexibility index (Phi) is 5.46. The highest BCUT2D eigenvalue weighted by molar-refractivity contribution is 6.74. The molecule has 0 saturated carbocycles. The van der Waals surface area contributed by atoms with Crippen LogP contribution in [0.1, 0.15) is 33.3 Å². The minimum atomic E-state index is -1.83. The van der Waals surface area contributed by atoms with Gasteiger partial charge >= 0.3 is 5.97 Å². The van der Waals surface area contributed by atoms with E-state index in [2.05, 4.69) is 33.9 Å². The summed E-state index contributed by atoms with van der Waals surface area (Å²) in [5.74, 6) is 0.459. The van der Waals surface area contributed by atoms with Crippen molar-refractivity contribution in [2.75, 3.05) is 7.11 Å². The normalized spacial score (nSPS) is 15.1. The SMILES string of the molecule is COC(=O)C(C)(N)Cc1ccc(O[Si](C)(C)C(C)(C)C)cc1. The van der Waals surface area contributed by atoms with E-state index in [1.165, 1.54) is 7.11 Å². The predicted octanol–water partition coefficient (Wildman–Crippen LogP) is 3.50. The molecule has 4 nitrogen and oxygen atoms in total. The van der Waals surface area contributed by atoms with Gasteiger partial charge in [-0.1, -0.05) is 32.9 Å². The third kappa shape index (κ3) is 4.58. The van der Waals surface area contributed by atoms with Crippen molar-refractivity contribution >= 4 is 14.3 Å². The molecule has 1 aromatic rings. The van der Waals surface area contributed by atoms with Gasteiger partial charge in [0.25, 0.3) is 0 Å². The van der Waals surface area contributed by atoms with E-state index in [1.54, 1.807) is 6.92 Å². The summed E-state index contributed by atoms with van der Waals surface area (Å²) in [5.41, 5.74) is 5.97. The van der Waals surface area contributed by atoms with E-state index < -0.39 is 19.8 Å². The second kappa shape index (κ2) is 6.42. The van der Waals surface area contributed by atoms with Crippen LogP contribution >= 0.6 is 0 Å². The molecule has 2 N–H and O–H groups in total. The van der Waals surface area contributed by atoms with Gasteiger partial charge in [0.15, 0.2) is 0 Å². The van der Waals surface area contributed by atoms with Gasteiger partial charge in [0.05, 0.1) is 7.11 Å². The molecule has 0 amide bonds. The van der Waals surface area contributed by atoms with Crippen LogP contribution < -0.4 is 10.2 Å². The van der Waals surface area contributed by atoms with E-state index in [0.29, 0.717) is 6.42 Å². The molecule has 0 aliphatic heterocycles. The van der Waals surface area contributed by atoms with E-state index in [0.717, 1.165) is 11.3 Å². The molecule has 0 radical (unpaired) electrons. The maximum atomic E-state index is 11.6. The zero-order valence-electron chi connectivity index (χ0n) is 14.8. The molecular formula is C17H29NO3Si. The minimum absolute atomic E-state index is 0.159. The van der Waals surface area contributed by atoms with E-state index in [4.69, 9.17) is 14.9 Å². The van der Waals surface area contributed by atoms with E-state index >= 15 is 0 Å². The average Bonchev–Trinajstić information content (AvgIpc) is 2.38. The molecule has 22 heavy (non-hydrogen) atoms. The molecule has 0 fully saturated rings. The van der Waals surface area contributed by atoms with Crippen LogP contribution in [0, 0.1) is 0 Å². The molecule has 1 aromatic carbocycles. The van der Waals surface area contributed by atoms with Crippen LogP contribution in [0.25, 0.3) is 0 Å². The molecule has 1 rings (SSSR count). The second-order valence-electron chi connectivity index (χ2n) is 7.59. The zero-order chi connectivity index (χ0) is 17.2. The first-order valence-corrected chi connectivity index (χ1v) is 10.5. The lowest BCUT2D eigenvalue weighted by molar-refractivity contribution is -0.146. The molecule has 0 saturated heterocycles. The van der Waals surface area contributed by atoms with Gasteiger partial charge in [-0.3, -0.25) is 4.79 Å². The Hall–Kier alpha value is -1.33. The van der Waals surface area contributed by atoms with E-state index in [-0.39, 0.29) is 5.04 Å². The number of esters is 1. The number of benzene rings is 1. The summed E-state index contributed by atoms with van der Waals surface area (Å²) < 4.78 is 11.0. The Morgan fingerprint density at radius 2 is 1.64 bits per heavy atom. The molecule has 0 aliphatic carbocycles. The predicted molar refractivity (Wildman–Crippen MR) is 92.6 cm³/mol. The first kappa shape index (κ1) is 18.7. The maximum Gasteiger partial charge on any atom is 0.325 e. The number of ether oxygens (including phenoxy) is 1. The van der Waals surface area contributed by atoms with Gasteiger partial charge in [0.1, 0.15) is 11.3 Å². The Morgan fingerprint density at radius 3 is 2.05 bits per heavy atom. The molecule has 0 heterocycles. The smallest absolute Gasteiger partial charge is 0.325 e. The first-order chi connectivity index (χ1) is 9.89. The summed E-state index contributed by atoms with van der Waals surface area (Å²) >= 11 is 0. The Morgan fingerprint density at radius 1 is 1.14 bits per heavy atom. The van der Waals surface area contributed by atoms with Crippen molar-refractivity contribution in [3.05, 3.63) is 29.8 Å². The van der Waals surface area contributed by atoms with Crippen molar-refractivity contribution < 1.29 is 14.0 Å². The summed E-state index contributed by atoms with van der Waals surface area (Å²) in [7, 11) is -0.482. The number of hydrogen-bond donors (Lipinski definition) is 1. The largest absolute Gasteiger partial charge is 0.544 e. The topological polar surface area (TPSA) is 61.5 Å². The lowest BCUT2D eigenvalue weighted by atomic mass is 9.94. The van der Waals surface area contributed by atoms with Crippen LogP contribution in [0.5, 0.6) is 5.75 Å². The lowest BCUT2D eigenvalue weighted by Gasteiger charge is -2.36. The van der Waals surface area contributed by atoms with E-state index in [9.17, 15) is 4.79 Å². The zero-order valence-corrected chi connectivity index (χ0v) is 15.8. The summed E-state index contributed by atoms with van der Waals surface area (Å²) in [5, 5.41) is 0.159. The Bertz CT molecular complexity index is 516. The Labute approximate surface area is 135 Å². The highest BCUT2D eigenvalue weighted by atomic mass is 28.4. The van der Waals surface area contributed by atoms with Crippen LogP contribution in [0.2, 0.25) is 18.1 Å². The monoisotopic (exact) mass is 323 g/mol. The quantitative estimate of drug-likeness (QED) is 0.665. The van der Waals surface area contributed by atoms with Crippen LogP contribution in [-0.4, -0.2) is 26.9 Å². The van der Waals surface area contributed by atoms with Crippen LogP contribution in [0.3, 0.4) is 0 Å². The van der Waals surface area contributed by atoms with E-state index in [1.807, 2.05) is 24.3 Å². The summed E-state index contributed by atoms with van der Waals surface area (Å²) in [6.45, 7) is 12.8. The second-order valence-corrected chi connectivity index (χ2v) is 12.3. The first-order valence-electron chi connectivity index (χ1n) is 7.54. The van der Waals surface area contributed by atoms with Gasteiger partial charge < -0.3 is 14.9 Å². The average molecular weight is 324 g/mol. The number of hydrogen-bond acceptors (Lipinski definition) is 4. The lowest BCUT2D eigenvalue weighted by Crippen LogP contribution is -2.47. The molecule has 0 spiro atoms. The fourth-order valence-corrected chi connectivity index (χ4v) is 2.88. The summed E-state index contributed by atoms with van der Waals surface area (Å²) in [4.78, 5) is 11.6. The number of methoxy groups -OCH3 is 1. The van der Waals surface area contributed by atoms with Gasteiger partial charge in [-0.2, -0.15) is 0 Å². The van der Waals surface area contributed by atoms with Crippen molar-refractivity contribution in [1.82, 2.24) is 0 Å². The molecule has 0 aromatic heterocycles. The third-order valence-corrected chi connectivity index (χ3v) is 8.68. The molecular weight excluding hydrogens is 294 g/mol. The maximum absolute atomic E-state index is 11.6. The summed E-state index contributed by atoms with van der Waals surface area (Å²) in [6, 6.07) is 7.80. The fourth-order valence-electron chi connectivity index (χ4n) is 1.85. The number of nitrogens with two attached hydrogens (primary N) is 1. The molecule has 0 bridgehead atoms. The molecule has 5 heteroatoms. The van der Waals surface area contributed by atoms with Crippen molar-refractivity contribution in [2.24, 2.45) is 5.73 Å². The van der Waals surface area contributed by atoms with Crippen molar-refractivity contribution in [2.45, 2.75) is 57.8 Å². The Balaban J connectivity index is 2.82. The van der Waals surface area contributed by atoms with Crippen molar-refractivity contribution in [3.8, 4) is 5.75 Å². The highest BCUT2D eigenvalue weighted by Crippen LogP contribution is 2.37. The summed E-state index contributed by atoms with van der Waals surface area (Å²) in [6.07, 6.45) is 0.431. The van der Waals surface area contributed by atoms with Gasteiger partial charge in [-0.15, -0.1) is 0 Å². The van der Waals surface area contributed by atoms with Crippen LogP contribution in [0.15, 0.2) is 24.3 Å². The minimum Gasteiger partial charge on any atom is -0.544 e. The number of rotatable bonds is 5. The third-order valence-electron chi connectivity index (χ3n) is 4.33. The number of carbonyl (C=O) groups excluding carboxylic acids is 1. The van der Waals surface area contributed by atoms with Gasteiger partial charge in [-0.05, 0) is 42.8 Å². The molecule has 1 unspecified atom stereocenters. The molecule has 0 aliphatic rings. The standard InChI is InChI=1S/C17H29NO3Si/c1-16(2,3)22(6,7)21-14-10-8-13(9-11-14)12-17(4,18)15(19)20-5/h8-11H,12,18H2,1-7H3. The van der Waals surface area contributed by atoms with Gasteiger partial charge in [0.2, 0.25) is 8.32 Å².